The van der Waals surface area contributed by atoms with Crippen molar-refractivity contribution in [3.63, 3.8) is 0 Å². The molecule has 1 saturated heterocycles. The van der Waals surface area contributed by atoms with Crippen molar-refractivity contribution in [2.45, 2.75) is 77.1 Å². The van der Waals surface area contributed by atoms with Crippen molar-refractivity contribution in [1.82, 2.24) is 4.90 Å². The molecule has 3 heteroatoms. The highest BCUT2D eigenvalue weighted by Crippen LogP contribution is 2.45. The summed E-state index contributed by atoms with van der Waals surface area (Å²) in [5.74, 6) is 2.14. The molecule has 2 fully saturated rings. The van der Waals surface area contributed by atoms with Crippen LogP contribution in [0, 0.1) is 11.3 Å². The third-order valence-corrected chi connectivity index (χ3v) is 7.35. The van der Waals surface area contributed by atoms with Gasteiger partial charge in [-0.25, -0.2) is 0 Å². The van der Waals surface area contributed by atoms with E-state index in [1.165, 1.54) is 38.0 Å². The maximum absolute atomic E-state index is 6.28. The fraction of sp³-hybridized carbons (Fsp3) is 1.00. The van der Waals surface area contributed by atoms with E-state index in [4.69, 9.17) is 5.73 Å². The molecule has 0 aromatic rings. The van der Waals surface area contributed by atoms with Crippen LogP contribution in [0.5, 0.6) is 0 Å². The predicted octanol–water partition coefficient (Wildman–Crippen LogP) is 3.75. The highest BCUT2D eigenvalue weighted by atomic mass is 32.2. The molecule has 1 aliphatic heterocycles. The van der Waals surface area contributed by atoms with Crippen LogP contribution >= 0.6 is 11.8 Å². The van der Waals surface area contributed by atoms with Crippen LogP contribution in [0.3, 0.4) is 0 Å². The lowest BCUT2D eigenvalue weighted by Gasteiger charge is -2.54. The van der Waals surface area contributed by atoms with Crippen LogP contribution in [0.4, 0.5) is 0 Å². The van der Waals surface area contributed by atoms with Crippen molar-refractivity contribution in [2.75, 3.05) is 18.8 Å². The molecule has 1 aliphatic carbocycles. The van der Waals surface area contributed by atoms with Crippen molar-refractivity contribution in [1.29, 1.82) is 0 Å². The van der Waals surface area contributed by atoms with Gasteiger partial charge in [0.25, 0.3) is 0 Å². The molecule has 20 heavy (non-hydrogen) atoms. The summed E-state index contributed by atoms with van der Waals surface area (Å²) in [6.07, 6.45) is 5.30. The molecular formula is C17H34N2S. The van der Waals surface area contributed by atoms with E-state index in [-0.39, 0.29) is 5.54 Å². The highest BCUT2D eigenvalue weighted by Gasteiger charge is 2.45. The Bertz CT molecular complexity index is 315. The van der Waals surface area contributed by atoms with E-state index in [0.717, 1.165) is 17.7 Å². The molecule has 2 atom stereocenters. The van der Waals surface area contributed by atoms with Crippen LogP contribution in [0.1, 0.15) is 60.3 Å². The number of hydrogen-bond acceptors (Lipinski definition) is 3. The molecule has 2 rings (SSSR count). The molecule has 0 aromatic heterocycles. The molecule has 1 heterocycles. The van der Waals surface area contributed by atoms with Gasteiger partial charge < -0.3 is 5.73 Å². The molecule has 2 nitrogen and oxygen atoms in total. The second-order valence-corrected chi connectivity index (χ2v) is 9.56. The molecule has 1 saturated carbocycles. The van der Waals surface area contributed by atoms with E-state index < -0.39 is 0 Å². The van der Waals surface area contributed by atoms with Crippen LogP contribution in [-0.4, -0.2) is 40.6 Å². The Morgan fingerprint density at radius 3 is 2.30 bits per heavy atom. The summed E-state index contributed by atoms with van der Waals surface area (Å²) >= 11 is 2.13. The number of nitrogens with zero attached hydrogens (tertiary/aromatic N) is 1. The normalized spacial score (nSPS) is 40.8. The van der Waals surface area contributed by atoms with Gasteiger partial charge in [0.1, 0.15) is 0 Å². The molecule has 2 N–H and O–H groups in total. The van der Waals surface area contributed by atoms with Crippen molar-refractivity contribution < 1.29 is 0 Å². The fourth-order valence-corrected chi connectivity index (χ4v) is 5.33. The summed E-state index contributed by atoms with van der Waals surface area (Å²) in [6, 6.07) is 0.670. The van der Waals surface area contributed by atoms with Crippen molar-refractivity contribution >= 4 is 11.8 Å². The summed E-state index contributed by atoms with van der Waals surface area (Å²) < 4.78 is 0. The zero-order chi connectivity index (χ0) is 15.0. The summed E-state index contributed by atoms with van der Waals surface area (Å²) in [5.41, 5.74) is 7.03. The monoisotopic (exact) mass is 298 g/mol. The van der Waals surface area contributed by atoms with Gasteiger partial charge in [0.15, 0.2) is 0 Å². The summed E-state index contributed by atoms with van der Waals surface area (Å²) in [6.45, 7) is 14.1. The van der Waals surface area contributed by atoms with E-state index >= 15 is 0 Å². The number of thioether (sulfide) groups is 1. The molecule has 0 spiro atoms. The van der Waals surface area contributed by atoms with Gasteiger partial charge >= 0.3 is 0 Å². The quantitative estimate of drug-likeness (QED) is 0.842. The van der Waals surface area contributed by atoms with Crippen LogP contribution in [-0.2, 0) is 0 Å². The van der Waals surface area contributed by atoms with Crippen LogP contribution in [0.2, 0.25) is 0 Å². The van der Waals surface area contributed by atoms with E-state index in [1.807, 2.05) is 0 Å². The van der Waals surface area contributed by atoms with Gasteiger partial charge in [-0.15, -0.1) is 0 Å². The van der Waals surface area contributed by atoms with E-state index in [9.17, 15) is 0 Å². The Morgan fingerprint density at radius 1 is 1.20 bits per heavy atom. The van der Waals surface area contributed by atoms with Crippen LogP contribution in [0.25, 0.3) is 0 Å². The molecule has 2 unspecified atom stereocenters. The first kappa shape index (κ1) is 16.6. The zero-order valence-electron chi connectivity index (χ0n) is 14.1. The molecule has 0 radical (unpaired) electrons. The van der Waals surface area contributed by atoms with Crippen molar-refractivity contribution in [3.05, 3.63) is 0 Å². The lowest BCUT2D eigenvalue weighted by atomic mass is 9.66. The van der Waals surface area contributed by atoms with Gasteiger partial charge in [-0.05, 0) is 43.9 Å². The minimum atomic E-state index is 0.288. The minimum absolute atomic E-state index is 0.288. The number of nitrogens with two attached hydrogens (primary N) is 1. The molecule has 118 valence electrons. The molecule has 0 amide bonds. The Hall–Kier alpha value is 0.270. The molecule has 0 bridgehead atoms. The fourth-order valence-electron chi connectivity index (χ4n) is 4.23. The molecule has 2 aliphatic rings. The Morgan fingerprint density at radius 2 is 1.80 bits per heavy atom. The maximum atomic E-state index is 6.28. The standard InChI is InChI=1S/C17H34N2S/c1-13-14(2)20-11-10-19(13)17(12-18)8-6-15(7-9-17)16(3,4)5/h13-15H,6-12,18H2,1-5H3. The summed E-state index contributed by atoms with van der Waals surface area (Å²) in [5, 5.41) is 0.743. The summed E-state index contributed by atoms with van der Waals surface area (Å²) in [7, 11) is 0. The zero-order valence-corrected chi connectivity index (χ0v) is 14.9. The van der Waals surface area contributed by atoms with Crippen LogP contribution < -0.4 is 5.73 Å². The second-order valence-electron chi connectivity index (χ2n) is 8.08. The van der Waals surface area contributed by atoms with Gasteiger partial charge in [-0.1, -0.05) is 27.7 Å². The first-order chi connectivity index (χ1) is 9.30. The van der Waals surface area contributed by atoms with Gasteiger partial charge in [-0.3, -0.25) is 4.90 Å². The van der Waals surface area contributed by atoms with Gasteiger partial charge in [-0.2, -0.15) is 11.8 Å². The average molecular weight is 299 g/mol. The highest BCUT2D eigenvalue weighted by molar-refractivity contribution is 8.00. The first-order valence-electron chi connectivity index (χ1n) is 8.38. The molecular weight excluding hydrogens is 264 g/mol. The average Bonchev–Trinajstić information content (AvgIpc) is 2.41. The van der Waals surface area contributed by atoms with Crippen molar-refractivity contribution in [3.8, 4) is 0 Å². The largest absolute Gasteiger partial charge is 0.329 e. The third-order valence-electron chi connectivity index (χ3n) is 6.01. The van der Waals surface area contributed by atoms with E-state index in [1.54, 1.807) is 0 Å². The number of hydrogen-bond donors (Lipinski definition) is 1. The smallest absolute Gasteiger partial charge is 0.0335 e. The lowest BCUT2D eigenvalue weighted by molar-refractivity contribution is -0.000852. The SMILES string of the molecule is CC1SCCN(C2(CN)CCC(C(C)(C)C)CC2)C1C. The maximum Gasteiger partial charge on any atom is 0.0335 e. The Labute approximate surface area is 130 Å². The van der Waals surface area contributed by atoms with Gasteiger partial charge in [0.05, 0.1) is 0 Å². The second kappa shape index (κ2) is 6.18. The van der Waals surface area contributed by atoms with E-state index in [0.29, 0.717) is 11.5 Å². The van der Waals surface area contributed by atoms with E-state index in [2.05, 4.69) is 51.3 Å². The predicted molar refractivity (Wildman–Crippen MR) is 91.3 cm³/mol. The van der Waals surface area contributed by atoms with Crippen LogP contribution in [0.15, 0.2) is 0 Å². The van der Waals surface area contributed by atoms with Gasteiger partial charge in [0.2, 0.25) is 0 Å². The van der Waals surface area contributed by atoms with Crippen molar-refractivity contribution in [2.24, 2.45) is 17.1 Å². The third kappa shape index (κ3) is 3.20. The Kier molecular flexibility index (Phi) is 5.14. The van der Waals surface area contributed by atoms with Gasteiger partial charge in [0, 0.05) is 35.7 Å². The Balaban J connectivity index is 2.08. The number of rotatable bonds is 2. The topological polar surface area (TPSA) is 29.3 Å². The lowest BCUT2D eigenvalue weighted by Crippen LogP contribution is -2.62. The minimum Gasteiger partial charge on any atom is -0.329 e. The first-order valence-corrected chi connectivity index (χ1v) is 9.43. The molecule has 0 aromatic carbocycles. The summed E-state index contributed by atoms with van der Waals surface area (Å²) in [4.78, 5) is 2.77.